The van der Waals surface area contributed by atoms with Crippen LogP contribution in [0.1, 0.15) is 284 Å². The largest absolute Gasteiger partial charge is 0.462 e. The molecule has 0 saturated heterocycles. The Morgan fingerprint density at radius 2 is 0.542 bits per heavy atom. The van der Waals surface area contributed by atoms with Crippen LogP contribution in [-0.2, 0) is 28.6 Å². The molecule has 0 aromatic rings. The second kappa shape index (κ2) is 59.9. The highest BCUT2D eigenvalue weighted by Crippen LogP contribution is 2.15. The molecule has 1 unspecified atom stereocenters. The molecule has 0 aromatic carbocycles. The summed E-state index contributed by atoms with van der Waals surface area (Å²) in [7, 11) is 0. The van der Waals surface area contributed by atoms with Crippen LogP contribution in [-0.4, -0.2) is 37.2 Å². The molecule has 0 bridgehead atoms. The van der Waals surface area contributed by atoms with Gasteiger partial charge in [-0.25, -0.2) is 0 Å². The molecular formula is C66H112O6. The van der Waals surface area contributed by atoms with Gasteiger partial charge in [0.05, 0.1) is 0 Å². The van der Waals surface area contributed by atoms with Gasteiger partial charge in [-0.15, -0.1) is 0 Å². The molecule has 0 aliphatic heterocycles. The molecule has 0 spiro atoms. The van der Waals surface area contributed by atoms with Crippen LogP contribution in [0.2, 0.25) is 0 Å². The fourth-order valence-corrected chi connectivity index (χ4v) is 8.26. The average molecular weight is 1000 g/mol. The molecule has 0 amide bonds. The standard InChI is InChI=1S/C66H112O6/c1-4-7-10-13-16-19-22-25-28-30-31-32-33-34-35-37-38-41-44-47-50-53-56-59-65(68)71-62-63(61-70-64(67)58-55-52-49-46-43-40-27-24-21-18-15-12-9-6-3)72-66(69)60-57-54-51-48-45-42-39-36-29-26-23-20-17-14-11-8-5-2/h7,10,16,19,24-29,31-32,34-35,38,41,63H,4-6,8-9,11-15,17-18,20-23,30,33,36-37,39-40,42-62H2,1-3H3/b10-7-,19-16-,27-24-,28-25-,29-26-,32-31-,35-34-,41-38-. The summed E-state index contributed by atoms with van der Waals surface area (Å²) in [5, 5.41) is 0. The quantitative estimate of drug-likeness (QED) is 0.0261. The maximum absolute atomic E-state index is 12.9. The van der Waals surface area contributed by atoms with E-state index in [1.807, 2.05) is 0 Å². The predicted molar refractivity (Wildman–Crippen MR) is 311 cm³/mol. The lowest BCUT2D eigenvalue weighted by molar-refractivity contribution is -0.167. The molecule has 0 N–H and O–H groups in total. The van der Waals surface area contributed by atoms with Crippen molar-refractivity contribution in [1.82, 2.24) is 0 Å². The minimum absolute atomic E-state index is 0.0916. The van der Waals surface area contributed by atoms with Crippen molar-refractivity contribution < 1.29 is 28.6 Å². The number of rotatable bonds is 54. The second-order valence-electron chi connectivity index (χ2n) is 19.9. The molecule has 0 heterocycles. The highest BCUT2D eigenvalue weighted by Gasteiger charge is 2.19. The summed E-state index contributed by atoms with van der Waals surface area (Å²) < 4.78 is 16.9. The molecule has 0 aliphatic rings. The minimum atomic E-state index is -0.795. The van der Waals surface area contributed by atoms with Gasteiger partial charge in [-0.2, -0.15) is 0 Å². The van der Waals surface area contributed by atoms with Crippen molar-refractivity contribution in [3.63, 3.8) is 0 Å². The van der Waals surface area contributed by atoms with E-state index in [9.17, 15) is 14.4 Å². The molecule has 412 valence electrons. The van der Waals surface area contributed by atoms with Crippen molar-refractivity contribution in [2.24, 2.45) is 0 Å². The van der Waals surface area contributed by atoms with Gasteiger partial charge < -0.3 is 14.2 Å². The van der Waals surface area contributed by atoms with Gasteiger partial charge >= 0.3 is 17.9 Å². The van der Waals surface area contributed by atoms with E-state index in [2.05, 4.69) is 118 Å². The van der Waals surface area contributed by atoms with Crippen molar-refractivity contribution in [2.75, 3.05) is 13.2 Å². The van der Waals surface area contributed by atoms with Crippen LogP contribution < -0.4 is 0 Å². The molecule has 0 aromatic heterocycles. The van der Waals surface area contributed by atoms with Crippen LogP contribution in [0.3, 0.4) is 0 Å². The second-order valence-corrected chi connectivity index (χ2v) is 19.9. The Morgan fingerprint density at radius 1 is 0.292 bits per heavy atom. The normalized spacial score (nSPS) is 12.8. The van der Waals surface area contributed by atoms with Gasteiger partial charge in [0.15, 0.2) is 6.10 Å². The first kappa shape index (κ1) is 68.3. The third-order valence-corrected chi connectivity index (χ3v) is 12.8. The van der Waals surface area contributed by atoms with Crippen molar-refractivity contribution in [3.8, 4) is 0 Å². The Labute approximate surface area is 445 Å². The highest BCUT2D eigenvalue weighted by molar-refractivity contribution is 5.71. The van der Waals surface area contributed by atoms with E-state index in [0.717, 1.165) is 116 Å². The molecule has 0 aliphatic carbocycles. The maximum Gasteiger partial charge on any atom is 0.306 e. The number of ether oxygens (including phenoxy) is 3. The van der Waals surface area contributed by atoms with Crippen LogP contribution in [0.25, 0.3) is 0 Å². The molecular weight excluding hydrogens is 889 g/mol. The van der Waals surface area contributed by atoms with Crippen molar-refractivity contribution in [2.45, 2.75) is 290 Å². The monoisotopic (exact) mass is 1000 g/mol. The molecule has 0 fully saturated rings. The molecule has 72 heavy (non-hydrogen) atoms. The molecule has 1 atom stereocenters. The first-order valence-corrected chi connectivity index (χ1v) is 30.2. The van der Waals surface area contributed by atoms with Gasteiger partial charge in [-0.05, 0) is 122 Å². The summed E-state index contributed by atoms with van der Waals surface area (Å²) in [4.78, 5) is 38.2. The Kier molecular flexibility index (Phi) is 56.8. The van der Waals surface area contributed by atoms with Crippen molar-refractivity contribution in [3.05, 3.63) is 97.2 Å². The average Bonchev–Trinajstić information content (AvgIpc) is 3.38. The zero-order valence-corrected chi connectivity index (χ0v) is 47.2. The van der Waals surface area contributed by atoms with Gasteiger partial charge in [-0.3, -0.25) is 14.4 Å². The molecule has 0 saturated carbocycles. The summed E-state index contributed by atoms with van der Waals surface area (Å²) in [6.07, 6.45) is 79.7. The number of esters is 3. The number of hydrogen-bond acceptors (Lipinski definition) is 6. The van der Waals surface area contributed by atoms with E-state index >= 15 is 0 Å². The molecule has 0 radical (unpaired) electrons. The summed E-state index contributed by atoms with van der Waals surface area (Å²) in [6, 6.07) is 0. The number of allylic oxidation sites excluding steroid dienone is 16. The number of carbonyl (C=O) groups excluding carboxylic acids is 3. The van der Waals surface area contributed by atoms with Crippen LogP contribution in [0, 0.1) is 0 Å². The lowest BCUT2D eigenvalue weighted by Gasteiger charge is -2.18. The van der Waals surface area contributed by atoms with E-state index in [-0.39, 0.29) is 31.1 Å². The third kappa shape index (κ3) is 57.2. The number of unbranched alkanes of at least 4 members (excludes halogenated alkanes) is 27. The maximum atomic E-state index is 12.9. The number of hydrogen-bond donors (Lipinski definition) is 0. The van der Waals surface area contributed by atoms with E-state index in [4.69, 9.17) is 14.2 Å². The molecule has 6 nitrogen and oxygen atoms in total. The van der Waals surface area contributed by atoms with Gasteiger partial charge in [0.25, 0.3) is 0 Å². The summed E-state index contributed by atoms with van der Waals surface area (Å²) in [6.45, 7) is 6.49. The summed E-state index contributed by atoms with van der Waals surface area (Å²) >= 11 is 0. The lowest BCUT2D eigenvalue weighted by Crippen LogP contribution is -2.30. The van der Waals surface area contributed by atoms with Crippen molar-refractivity contribution in [1.29, 1.82) is 0 Å². The van der Waals surface area contributed by atoms with Gasteiger partial charge in [0.1, 0.15) is 13.2 Å². The predicted octanol–water partition coefficient (Wildman–Crippen LogP) is 20.5. The Morgan fingerprint density at radius 3 is 0.861 bits per heavy atom. The molecule has 6 heteroatoms. The summed E-state index contributed by atoms with van der Waals surface area (Å²) in [5.41, 5.74) is 0. The topological polar surface area (TPSA) is 78.9 Å². The highest BCUT2D eigenvalue weighted by atomic mass is 16.6. The SMILES string of the molecule is CC/C=C\C/C=C\C/C=C\C/C=C\C/C=C\C/C=C\CCCCCCC(=O)OCC(COC(=O)CCCCCCC/C=C\CCCCCCC)OC(=O)CCCCCCCCC/C=C\CCCCCCCC. The van der Waals surface area contributed by atoms with Crippen LogP contribution >= 0.6 is 0 Å². The first-order valence-electron chi connectivity index (χ1n) is 30.2. The minimum Gasteiger partial charge on any atom is -0.462 e. The number of carbonyl (C=O) groups is 3. The molecule has 0 rings (SSSR count). The van der Waals surface area contributed by atoms with E-state index in [1.54, 1.807) is 0 Å². The first-order chi connectivity index (χ1) is 35.5. The third-order valence-electron chi connectivity index (χ3n) is 12.8. The lowest BCUT2D eigenvalue weighted by atomic mass is 10.1. The summed E-state index contributed by atoms with van der Waals surface area (Å²) in [5.74, 6) is -0.924. The van der Waals surface area contributed by atoms with E-state index in [0.29, 0.717) is 19.3 Å². The van der Waals surface area contributed by atoms with Gasteiger partial charge in [-0.1, -0.05) is 240 Å². The van der Waals surface area contributed by atoms with Gasteiger partial charge in [0, 0.05) is 19.3 Å². The fourth-order valence-electron chi connectivity index (χ4n) is 8.26. The van der Waals surface area contributed by atoms with Crippen LogP contribution in [0.4, 0.5) is 0 Å². The van der Waals surface area contributed by atoms with E-state index in [1.165, 1.54) is 128 Å². The van der Waals surface area contributed by atoms with Gasteiger partial charge in [0.2, 0.25) is 0 Å². The Balaban J connectivity index is 4.43. The zero-order chi connectivity index (χ0) is 52.2. The van der Waals surface area contributed by atoms with Crippen molar-refractivity contribution >= 4 is 17.9 Å². The Bertz CT molecular complexity index is 1430. The zero-order valence-electron chi connectivity index (χ0n) is 47.2. The van der Waals surface area contributed by atoms with E-state index < -0.39 is 6.10 Å². The Hall–Kier alpha value is -3.67. The fraction of sp³-hybridized carbons (Fsp3) is 0.712. The van der Waals surface area contributed by atoms with Crippen LogP contribution in [0.5, 0.6) is 0 Å². The van der Waals surface area contributed by atoms with Crippen LogP contribution in [0.15, 0.2) is 97.2 Å². The smallest absolute Gasteiger partial charge is 0.306 e.